The second kappa shape index (κ2) is 22.5. The molecular weight excluding hydrogens is 746 g/mol. The monoisotopic (exact) mass is 799 g/mol. The fourth-order valence-corrected chi connectivity index (χ4v) is 5.54. The molecule has 0 aliphatic heterocycles. The number of nitrogens with one attached hydrogen (secondary N) is 5. The molecule has 3 aromatic rings. The summed E-state index contributed by atoms with van der Waals surface area (Å²) in [5, 5.41) is 55.7. The second-order valence-corrected chi connectivity index (χ2v) is 12.8. The van der Waals surface area contributed by atoms with Gasteiger partial charge in [0.2, 0.25) is 0 Å². The molecule has 0 fully saturated rings. The van der Waals surface area contributed by atoms with Gasteiger partial charge in [0.1, 0.15) is 0 Å². The Hall–Kier alpha value is -6.00. The molecule has 0 aliphatic rings. The summed E-state index contributed by atoms with van der Waals surface area (Å²) in [5.41, 5.74) is 8.97. The number of aryl methyl sites for hydroxylation is 2. The van der Waals surface area contributed by atoms with Gasteiger partial charge >= 0.3 is 0 Å². The molecule has 21 heteroatoms. The third kappa shape index (κ3) is 12.8. The number of rotatable bonds is 23. The molecule has 21 nitrogen and oxygen atoms in total. The van der Waals surface area contributed by atoms with Crippen LogP contribution < -0.4 is 49.2 Å². The summed E-state index contributed by atoms with van der Waals surface area (Å²) in [5.74, 6) is -5.53. The van der Waals surface area contributed by atoms with Crippen LogP contribution in [-0.2, 0) is 14.1 Å². The highest BCUT2D eigenvalue weighted by Gasteiger charge is 2.25. The van der Waals surface area contributed by atoms with Crippen molar-refractivity contribution in [3.05, 3.63) is 79.6 Å². The van der Waals surface area contributed by atoms with Crippen molar-refractivity contribution in [2.75, 3.05) is 91.6 Å². The molecule has 0 saturated carbocycles. The molecule has 0 radical (unpaired) electrons. The lowest BCUT2D eigenvalue weighted by molar-refractivity contribution is 0.0753. The molecule has 0 saturated heterocycles. The van der Waals surface area contributed by atoms with E-state index in [0.29, 0.717) is 32.7 Å². The quantitative estimate of drug-likeness (QED) is 0.0325. The summed E-state index contributed by atoms with van der Waals surface area (Å²) in [6.07, 6.45) is 2.71. The van der Waals surface area contributed by atoms with Gasteiger partial charge in [-0.25, -0.2) is 0 Å². The third-order valence-electron chi connectivity index (χ3n) is 8.78. The van der Waals surface area contributed by atoms with Gasteiger partial charge < -0.3 is 72.5 Å². The van der Waals surface area contributed by atoms with E-state index < -0.39 is 57.7 Å². The number of benzene rings is 1. The Labute approximate surface area is 328 Å². The lowest BCUT2D eigenvalue weighted by Crippen LogP contribution is -2.43. The molecule has 0 aliphatic carbocycles. The molecule has 2 aromatic heterocycles. The van der Waals surface area contributed by atoms with Gasteiger partial charge in [-0.2, -0.15) is 0 Å². The van der Waals surface area contributed by atoms with Crippen molar-refractivity contribution in [1.82, 2.24) is 45.5 Å². The van der Waals surface area contributed by atoms with Gasteiger partial charge in [0.15, 0.2) is 23.0 Å². The zero-order chi connectivity index (χ0) is 42.1. The molecular formula is C36H53N11O10. The first-order valence-electron chi connectivity index (χ1n) is 18.2. The maximum Gasteiger partial charge on any atom is 0.293 e. The Morgan fingerprint density at radius 2 is 0.947 bits per heavy atom. The van der Waals surface area contributed by atoms with Crippen LogP contribution in [0, 0.1) is 0 Å². The predicted molar refractivity (Wildman–Crippen MR) is 210 cm³/mol. The molecule has 2 heterocycles. The highest BCUT2D eigenvalue weighted by Crippen LogP contribution is 2.33. The van der Waals surface area contributed by atoms with Crippen molar-refractivity contribution in [3.63, 3.8) is 0 Å². The average molecular weight is 800 g/mol. The number of amides is 4. The second-order valence-electron chi connectivity index (χ2n) is 12.8. The van der Waals surface area contributed by atoms with E-state index in [2.05, 4.69) is 26.6 Å². The Kier molecular flexibility index (Phi) is 17.9. The normalized spacial score (nSPS) is 11.0. The zero-order valence-corrected chi connectivity index (χ0v) is 32.0. The van der Waals surface area contributed by atoms with Crippen molar-refractivity contribution in [2.45, 2.75) is 0 Å². The number of pyridine rings is 2. The number of hydrogen-bond acceptors (Lipinski definition) is 15. The van der Waals surface area contributed by atoms with Gasteiger partial charge in [0.25, 0.3) is 34.7 Å². The first kappa shape index (κ1) is 45.4. The maximum absolute atomic E-state index is 13.7. The number of carbonyl (C=O) groups is 4. The Morgan fingerprint density at radius 3 is 1.40 bits per heavy atom. The summed E-state index contributed by atoms with van der Waals surface area (Å²) in [6.45, 7) is 3.97. The van der Waals surface area contributed by atoms with Crippen LogP contribution >= 0.6 is 0 Å². The van der Waals surface area contributed by atoms with Crippen LogP contribution in [0.5, 0.6) is 23.0 Å². The predicted octanol–water partition coefficient (Wildman–Crippen LogP) is -3.66. The number of nitrogens with two attached hydrogens (primary N) is 2. The van der Waals surface area contributed by atoms with Gasteiger partial charge in [0, 0.05) is 118 Å². The molecule has 57 heavy (non-hydrogen) atoms. The topological polar surface area (TPSA) is 312 Å². The molecule has 0 atom stereocenters. The molecule has 4 amide bonds. The Morgan fingerprint density at radius 1 is 0.544 bits per heavy atom. The molecule has 13 N–H and O–H groups in total. The summed E-state index contributed by atoms with van der Waals surface area (Å²) >= 11 is 0. The SMILES string of the molecule is Cn1ccc(C(=O)NCCNCCN(CCNCCNC(=O)c2ccn(C)c(=O)c2O)C(=O)c2ccc(C(=O)NCCN(CCN)CCN)c(O)c2O)c(O)c1=O. The number of nitrogens with zero attached hydrogens (tertiary/aromatic N) is 4. The first-order valence-corrected chi connectivity index (χ1v) is 18.2. The number of hydrogen-bond donors (Lipinski definition) is 11. The molecule has 0 unspecified atom stereocenters. The summed E-state index contributed by atoms with van der Waals surface area (Å²) < 4.78 is 2.27. The molecule has 3 rings (SSSR count). The number of aromatic nitrogens is 2. The van der Waals surface area contributed by atoms with Crippen LogP contribution in [0.4, 0.5) is 0 Å². The van der Waals surface area contributed by atoms with Crippen LogP contribution in [-0.4, -0.2) is 155 Å². The van der Waals surface area contributed by atoms with Gasteiger partial charge in [-0.05, 0) is 24.3 Å². The third-order valence-corrected chi connectivity index (χ3v) is 8.78. The smallest absolute Gasteiger partial charge is 0.293 e. The molecule has 0 bridgehead atoms. The largest absolute Gasteiger partial charge is 0.504 e. The Bertz CT molecular complexity index is 1890. The zero-order valence-electron chi connectivity index (χ0n) is 32.0. The van der Waals surface area contributed by atoms with Crippen molar-refractivity contribution < 1.29 is 39.6 Å². The number of carbonyl (C=O) groups excluding carboxylic acids is 4. The van der Waals surface area contributed by atoms with Crippen LogP contribution in [0.2, 0.25) is 0 Å². The Balaban J connectivity index is 1.61. The van der Waals surface area contributed by atoms with Crippen molar-refractivity contribution in [1.29, 1.82) is 0 Å². The van der Waals surface area contributed by atoms with Gasteiger partial charge in [-0.1, -0.05) is 0 Å². The van der Waals surface area contributed by atoms with Gasteiger partial charge in [-0.15, -0.1) is 0 Å². The van der Waals surface area contributed by atoms with E-state index >= 15 is 0 Å². The minimum atomic E-state index is -0.783. The number of aromatic hydroxyl groups is 4. The molecule has 312 valence electrons. The van der Waals surface area contributed by atoms with Crippen molar-refractivity contribution in [2.24, 2.45) is 25.6 Å². The van der Waals surface area contributed by atoms with Crippen molar-refractivity contribution >= 4 is 23.6 Å². The summed E-state index contributed by atoms with van der Waals surface area (Å²) in [7, 11) is 2.87. The van der Waals surface area contributed by atoms with Crippen molar-refractivity contribution in [3.8, 4) is 23.0 Å². The van der Waals surface area contributed by atoms with E-state index in [1.54, 1.807) is 0 Å². The van der Waals surface area contributed by atoms with E-state index in [4.69, 9.17) is 11.5 Å². The number of phenolic OH excluding ortho intramolecular Hbond substituents is 2. The minimum absolute atomic E-state index is 0.0908. The minimum Gasteiger partial charge on any atom is -0.504 e. The van der Waals surface area contributed by atoms with Gasteiger partial charge in [0.05, 0.1) is 22.3 Å². The lowest BCUT2D eigenvalue weighted by atomic mass is 10.1. The fourth-order valence-electron chi connectivity index (χ4n) is 5.54. The van der Waals surface area contributed by atoms with Gasteiger partial charge in [-0.3, -0.25) is 33.7 Å². The summed E-state index contributed by atoms with van der Waals surface area (Å²) in [6, 6.07) is 5.10. The van der Waals surface area contributed by atoms with Crippen LogP contribution in [0.25, 0.3) is 0 Å². The number of phenols is 2. The molecule has 0 spiro atoms. The summed E-state index contributed by atoms with van der Waals surface area (Å²) in [4.78, 5) is 78.8. The van der Waals surface area contributed by atoms with E-state index in [1.165, 1.54) is 55.7 Å². The maximum atomic E-state index is 13.7. The van der Waals surface area contributed by atoms with E-state index in [0.717, 1.165) is 9.13 Å². The van der Waals surface area contributed by atoms with E-state index in [-0.39, 0.29) is 81.2 Å². The fraction of sp³-hybridized carbons (Fsp3) is 0.444. The standard InChI is InChI=1S/C36H53N11O10/c1-44-16-5-24(29(50)35(44)56)32(53)41-11-9-39-13-21-47(22-14-40-10-12-42-33(54)25-6-17-45(2)36(57)30(25)51)34(55)26-4-3-23(27(48)28(26)49)31(52)43-15-20-46(18-7-37)19-8-38/h3-6,16-17,39-40,48-51H,7-15,18-22,37-38H2,1-2H3,(H,41,53)(H,42,54)(H,43,52). The van der Waals surface area contributed by atoms with E-state index in [9.17, 15) is 49.2 Å². The van der Waals surface area contributed by atoms with Crippen LogP contribution in [0.15, 0.2) is 46.2 Å². The molecule has 1 aromatic carbocycles. The van der Waals surface area contributed by atoms with Crippen LogP contribution in [0.3, 0.4) is 0 Å². The average Bonchev–Trinajstić information content (AvgIpc) is 3.18. The lowest BCUT2D eigenvalue weighted by Gasteiger charge is -2.24. The van der Waals surface area contributed by atoms with E-state index in [1.807, 2.05) is 4.90 Å². The highest BCUT2D eigenvalue weighted by molar-refractivity contribution is 6.03. The van der Waals surface area contributed by atoms with Crippen LogP contribution in [0.1, 0.15) is 41.4 Å². The highest BCUT2D eigenvalue weighted by atomic mass is 16.3. The first-order chi connectivity index (χ1) is 27.2.